The van der Waals surface area contributed by atoms with Crippen LogP contribution in [0.3, 0.4) is 0 Å². The fourth-order valence-electron chi connectivity index (χ4n) is 2.11. The topological polar surface area (TPSA) is 97.2 Å². The highest BCUT2D eigenvalue weighted by Crippen LogP contribution is 2.22. The molecule has 1 atom stereocenters. The first-order valence-electron chi connectivity index (χ1n) is 7.54. The van der Waals surface area contributed by atoms with E-state index in [1.165, 1.54) is 6.92 Å². The molecule has 10 heteroatoms. The third kappa shape index (κ3) is 4.94. The SMILES string of the molecule is CCOC(=O)C1C(C)=NC(=O)N=C1SCC(=O)Nc1ccc(F)cc1F. The standard InChI is InChI=1S/C16H15F2N3O4S/c1-3-25-15(23)13-8(2)19-16(24)21-14(13)26-7-12(22)20-11-5-4-9(17)6-10(11)18/h4-6,13H,3,7H2,1-2H3,(H,20,22). The van der Waals surface area contributed by atoms with Crippen LogP contribution in [0.25, 0.3) is 0 Å². The molecule has 3 amide bonds. The minimum absolute atomic E-state index is 0.0793. The first-order chi connectivity index (χ1) is 12.3. The Hall–Kier alpha value is -2.62. The van der Waals surface area contributed by atoms with Crippen LogP contribution in [0, 0.1) is 17.6 Å². The van der Waals surface area contributed by atoms with Crippen LogP contribution in [-0.2, 0) is 14.3 Å². The average molecular weight is 383 g/mol. The summed E-state index contributed by atoms with van der Waals surface area (Å²) in [7, 11) is 0. The van der Waals surface area contributed by atoms with E-state index in [0.717, 1.165) is 23.9 Å². The lowest BCUT2D eigenvalue weighted by Gasteiger charge is -2.19. The number of benzene rings is 1. The van der Waals surface area contributed by atoms with Gasteiger partial charge in [-0.15, -0.1) is 0 Å². The molecular weight excluding hydrogens is 368 g/mol. The van der Waals surface area contributed by atoms with Crippen molar-refractivity contribution in [3.63, 3.8) is 0 Å². The summed E-state index contributed by atoms with van der Waals surface area (Å²) < 4.78 is 31.4. The van der Waals surface area contributed by atoms with Crippen LogP contribution < -0.4 is 5.32 Å². The van der Waals surface area contributed by atoms with E-state index < -0.39 is 35.5 Å². The lowest BCUT2D eigenvalue weighted by molar-refractivity contribution is -0.143. The van der Waals surface area contributed by atoms with Crippen molar-refractivity contribution < 1.29 is 27.9 Å². The molecule has 1 aromatic rings. The van der Waals surface area contributed by atoms with Crippen molar-refractivity contribution in [2.24, 2.45) is 15.9 Å². The van der Waals surface area contributed by atoms with E-state index in [1.54, 1.807) is 6.92 Å². The number of amides is 3. The van der Waals surface area contributed by atoms with E-state index >= 15 is 0 Å². The zero-order valence-corrected chi connectivity index (χ0v) is 14.7. The van der Waals surface area contributed by atoms with Crippen LogP contribution in [-0.4, -0.2) is 41.0 Å². The molecule has 0 spiro atoms. The molecule has 1 aliphatic rings. The number of aliphatic imine (C=N–C) groups is 2. The molecule has 1 unspecified atom stereocenters. The van der Waals surface area contributed by atoms with E-state index in [9.17, 15) is 23.2 Å². The van der Waals surface area contributed by atoms with Crippen LogP contribution in [0.5, 0.6) is 0 Å². The summed E-state index contributed by atoms with van der Waals surface area (Å²) >= 11 is 0.842. The Morgan fingerprint density at radius 3 is 2.69 bits per heavy atom. The molecular formula is C16H15F2N3O4S. The summed E-state index contributed by atoms with van der Waals surface area (Å²) in [6, 6.07) is 1.96. The fraction of sp³-hybridized carbons (Fsp3) is 0.312. The van der Waals surface area contributed by atoms with Crippen LogP contribution >= 0.6 is 11.8 Å². The maximum absolute atomic E-state index is 13.6. The highest BCUT2D eigenvalue weighted by atomic mass is 32.2. The summed E-state index contributed by atoms with van der Waals surface area (Å²) in [4.78, 5) is 42.8. The van der Waals surface area contributed by atoms with Gasteiger partial charge in [0.05, 0.1) is 23.1 Å². The van der Waals surface area contributed by atoms with Crippen LogP contribution in [0.15, 0.2) is 28.2 Å². The van der Waals surface area contributed by atoms with Gasteiger partial charge in [-0.1, -0.05) is 11.8 Å². The molecule has 0 bridgehead atoms. The van der Waals surface area contributed by atoms with Crippen molar-refractivity contribution in [2.45, 2.75) is 13.8 Å². The second-order valence-corrected chi connectivity index (χ2v) is 6.13. The molecule has 1 heterocycles. The first-order valence-corrected chi connectivity index (χ1v) is 8.52. The van der Waals surface area contributed by atoms with Crippen molar-refractivity contribution in [2.75, 3.05) is 17.7 Å². The van der Waals surface area contributed by atoms with Gasteiger partial charge in [-0.05, 0) is 26.0 Å². The van der Waals surface area contributed by atoms with Gasteiger partial charge in [0.1, 0.15) is 17.6 Å². The highest BCUT2D eigenvalue weighted by Gasteiger charge is 2.33. The first kappa shape index (κ1) is 19.7. The number of carbonyl (C=O) groups is 3. The van der Waals surface area contributed by atoms with Gasteiger partial charge in [-0.3, -0.25) is 9.59 Å². The summed E-state index contributed by atoms with van der Waals surface area (Å²) in [5.41, 5.74) is 0.0364. The van der Waals surface area contributed by atoms with E-state index in [0.29, 0.717) is 6.07 Å². The number of nitrogens with zero attached hydrogens (tertiary/aromatic N) is 2. The molecule has 0 aliphatic carbocycles. The number of esters is 1. The van der Waals surface area contributed by atoms with Crippen molar-refractivity contribution in [3.05, 3.63) is 29.8 Å². The predicted molar refractivity (Wildman–Crippen MR) is 93.5 cm³/mol. The Morgan fingerprint density at radius 2 is 2.04 bits per heavy atom. The van der Waals surface area contributed by atoms with Crippen LogP contribution in [0.2, 0.25) is 0 Å². The molecule has 7 nitrogen and oxygen atoms in total. The molecule has 0 saturated carbocycles. The Kier molecular flexibility index (Phi) is 6.56. The predicted octanol–water partition coefficient (Wildman–Crippen LogP) is 2.81. The van der Waals surface area contributed by atoms with Crippen LogP contribution in [0.1, 0.15) is 13.8 Å². The zero-order valence-electron chi connectivity index (χ0n) is 13.9. The third-order valence-corrected chi connectivity index (χ3v) is 4.25. The Bertz CT molecular complexity index is 811. The second-order valence-electron chi connectivity index (χ2n) is 5.13. The molecule has 0 saturated heterocycles. The number of ether oxygens (including phenoxy) is 1. The van der Waals surface area contributed by atoms with E-state index in [4.69, 9.17) is 4.74 Å². The fourth-order valence-corrected chi connectivity index (χ4v) is 3.03. The smallest absolute Gasteiger partial charge is 0.367 e. The number of urea groups is 1. The average Bonchev–Trinajstić information content (AvgIpc) is 2.55. The Morgan fingerprint density at radius 1 is 1.31 bits per heavy atom. The zero-order chi connectivity index (χ0) is 19.3. The number of hydrogen-bond donors (Lipinski definition) is 1. The summed E-state index contributed by atoms with van der Waals surface area (Å²) in [5.74, 6) is -4.13. The summed E-state index contributed by atoms with van der Waals surface area (Å²) in [6.07, 6.45) is 0. The maximum Gasteiger partial charge on any atom is 0.367 e. The van der Waals surface area contributed by atoms with Gasteiger partial charge in [0.25, 0.3) is 0 Å². The van der Waals surface area contributed by atoms with Crippen molar-refractivity contribution >= 4 is 46.1 Å². The molecule has 1 aromatic carbocycles. The van der Waals surface area contributed by atoms with E-state index in [2.05, 4.69) is 15.3 Å². The quantitative estimate of drug-likeness (QED) is 0.789. The van der Waals surface area contributed by atoms with Gasteiger partial charge < -0.3 is 10.1 Å². The monoisotopic (exact) mass is 383 g/mol. The lowest BCUT2D eigenvalue weighted by atomic mass is 10.1. The largest absolute Gasteiger partial charge is 0.465 e. The lowest BCUT2D eigenvalue weighted by Crippen LogP contribution is -2.34. The second kappa shape index (κ2) is 8.65. The molecule has 138 valence electrons. The number of nitrogens with one attached hydrogen (secondary N) is 1. The van der Waals surface area contributed by atoms with E-state index in [1.807, 2.05) is 0 Å². The highest BCUT2D eigenvalue weighted by molar-refractivity contribution is 8.14. The van der Waals surface area contributed by atoms with Crippen LogP contribution in [0.4, 0.5) is 19.3 Å². The third-order valence-electron chi connectivity index (χ3n) is 3.22. The molecule has 26 heavy (non-hydrogen) atoms. The maximum atomic E-state index is 13.6. The Labute approximate surface area is 151 Å². The molecule has 0 radical (unpaired) electrons. The van der Waals surface area contributed by atoms with Crippen molar-refractivity contribution in [1.82, 2.24) is 0 Å². The van der Waals surface area contributed by atoms with Gasteiger partial charge >= 0.3 is 12.0 Å². The molecule has 1 N–H and O–H groups in total. The number of thioether (sulfide) groups is 1. The summed E-state index contributed by atoms with van der Waals surface area (Å²) in [5, 5.41) is 2.36. The van der Waals surface area contributed by atoms with Gasteiger partial charge in [0.2, 0.25) is 5.91 Å². The van der Waals surface area contributed by atoms with Crippen molar-refractivity contribution in [1.29, 1.82) is 0 Å². The number of halogens is 2. The number of rotatable bonds is 5. The van der Waals surface area contributed by atoms with Gasteiger partial charge in [-0.25, -0.2) is 13.6 Å². The summed E-state index contributed by atoms with van der Waals surface area (Å²) in [6.45, 7) is 3.26. The number of anilines is 1. The number of hydrogen-bond acceptors (Lipinski definition) is 5. The van der Waals surface area contributed by atoms with Gasteiger partial charge in [-0.2, -0.15) is 9.98 Å². The van der Waals surface area contributed by atoms with Gasteiger partial charge in [0, 0.05) is 11.8 Å². The van der Waals surface area contributed by atoms with Gasteiger partial charge in [0.15, 0.2) is 0 Å². The molecule has 0 fully saturated rings. The Balaban J connectivity index is 2.04. The molecule has 1 aliphatic heterocycles. The van der Waals surface area contributed by atoms with Crippen molar-refractivity contribution in [3.8, 4) is 0 Å². The molecule has 0 aromatic heterocycles. The number of carbonyl (C=O) groups excluding carboxylic acids is 3. The molecule has 2 rings (SSSR count). The minimum Gasteiger partial charge on any atom is -0.465 e. The normalized spacial score (nSPS) is 16.6. The van der Waals surface area contributed by atoms with E-state index in [-0.39, 0.29) is 28.8 Å². The minimum atomic E-state index is -0.965.